The molecule has 4 nitrogen and oxygen atoms in total. The van der Waals surface area contributed by atoms with Crippen LogP contribution in [0.3, 0.4) is 0 Å². The summed E-state index contributed by atoms with van der Waals surface area (Å²) in [6, 6.07) is 5.92. The largest absolute Gasteiger partial charge is 0.309 e. The van der Waals surface area contributed by atoms with Gasteiger partial charge in [0.2, 0.25) is 0 Å². The summed E-state index contributed by atoms with van der Waals surface area (Å²) in [7, 11) is 0. The average molecular weight is 336 g/mol. The Labute approximate surface area is 139 Å². The number of benzene rings is 1. The Morgan fingerprint density at radius 2 is 2.00 bits per heavy atom. The van der Waals surface area contributed by atoms with Crippen molar-refractivity contribution in [2.45, 2.75) is 38.8 Å². The SMILES string of the molecule is Cl.O=C(Nc1nc2c(s1)CCCC2)c1ccc2c(c1)CNC2. The second-order valence-electron chi connectivity index (χ2n) is 5.64. The highest BCUT2D eigenvalue weighted by Gasteiger charge is 2.18. The lowest BCUT2D eigenvalue weighted by atomic mass is 10.0. The number of thiazole rings is 1. The molecule has 0 saturated carbocycles. The van der Waals surface area contributed by atoms with Crippen molar-refractivity contribution in [2.75, 3.05) is 5.32 Å². The van der Waals surface area contributed by atoms with E-state index in [4.69, 9.17) is 0 Å². The third kappa shape index (κ3) is 2.89. The van der Waals surface area contributed by atoms with E-state index in [0.29, 0.717) is 5.56 Å². The molecule has 2 N–H and O–H groups in total. The van der Waals surface area contributed by atoms with Crippen molar-refractivity contribution >= 4 is 34.8 Å². The molecule has 116 valence electrons. The van der Waals surface area contributed by atoms with Crippen LogP contribution in [0.4, 0.5) is 5.13 Å². The number of nitrogens with zero attached hydrogens (tertiary/aromatic N) is 1. The van der Waals surface area contributed by atoms with Crippen LogP contribution >= 0.6 is 23.7 Å². The normalized spacial score (nSPS) is 15.6. The molecule has 2 aromatic rings. The van der Waals surface area contributed by atoms with Crippen LogP contribution in [-0.2, 0) is 25.9 Å². The molecule has 1 aliphatic heterocycles. The summed E-state index contributed by atoms with van der Waals surface area (Å²) in [6.07, 6.45) is 4.60. The first-order valence-electron chi connectivity index (χ1n) is 7.42. The first-order chi connectivity index (χ1) is 10.3. The highest BCUT2D eigenvalue weighted by Crippen LogP contribution is 2.29. The third-order valence-electron chi connectivity index (χ3n) is 4.17. The monoisotopic (exact) mass is 335 g/mol. The van der Waals surface area contributed by atoms with E-state index in [0.717, 1.165) is 31.1 Å². The van der Waals surface area contributed by atoms with Crippen molar-refractivity contribution in [3.8, 4) is 0 Å². The molecular weight excluding hydrogens is 318 g/mol. The molecule has 1 aromatic carbocycles. The van der Waals surface area contributed by atoms with Crippen LogP contribution in [-0.4, -0.2) is 10.9 Å². The third-order valence-corrected chi connectivity index (χ3v) is 5.24. The maximum atomic E-state index is 12.4. The second-order valence-corrected chi connectivity index (χ2v) is 6.72. The van der Waals surface area contributed by atoms with Gasteiger partial charge in [0.05, 0.1) is 5.69 Å². The minimum atomic E-state index is -0.0594. The number of halogens is 1. The van der Waals surface area contributed by atoms with E-state index in [-0.39, 0.29) is 18.3 Å². The van der Waals surface area contributed by atoms with Crippen LogP contribution in [0.1, 0.15) is 44.9 Å². The van der Waals surface area contributed by atoms with Gasteiger partial charge in [-0.25, -0.2) is 4.98 Å². The molecule has 0 spiro atoms. The zero-order valence-corrected chi connectivity index (χ0v) is 13.8. The van der Waals surface area contributed by atoms with E-state index < -0.39 is 0 Å². The van der Waals surface area contributed by atoms with Gasteiger partial charge in [-0.3, -0.25) is 10.1 Å². The average Bonchev–Trinajstić information content (AvgIpc) is 3.11. The lowest BCUT2D eigenvalue weighted by Crippen LogP contribution is -2.12. The Bertz CT molecular complexity index is 690. The number of hydrogen-bond acceptors (Lipinski definition) is 4. The van der Waals surface area contributed by atoms with E-state index in [1.165, 1.54) is 34.5 Å². The van der Waals surface area contributed by atoms with Gasteiger partial charge >= 0.3 is 0 Å². The molecule has 0 unspecified atom stereocenters. The van der Waals surface area contributed by atoms with Crippen molar-refractivity contribution in [3.63, 3.8) is 0 Å². The van der Waals surface area contributed by atoms with Crippen LogP contribution in [0.15, 0.2) is 18.2 Å². The fraction of sp³-hybridized carbons (Fsp3) is 0.375. The molecule has 2 heterocycles. The van der Waals surface area contributed by atoms with E-state index in [9.17, 15) is 4.79 Å². The fourth-order valence-electron chi connectivity index (χ4n) is 3.01. The molecule has 0 atom stereocenters. The van der Waals surface area contributed by atoms with Crippen molar-refractivity contribution in [1.82, 2.24) is 10.3 Å². The number of aromatic nitrogens is 1. The molecule has 0 bridgehead atoms. The van der Waals surface area contributed by atoms with Crippen LogP contribution in [0.25, 0.3) is 0 Å². The molecule has 0 fully saturated rings. The van der Waals surface area contributed by atoms with Gasteiger partial charge in [0, 0.05) is 23.5 Å². The van der Waals surface area contributed by atoms with E-state index >= 15 is 0 Å². The van der Waals surface area contributed by atoms with Gasteiger partial charge in [-0.05, 0) is 48.9 Å². The van der Waals surface area contributed by atoms with E-state index in [2.05, 4.69) is 15.6 Å². The minimum Gasteiger partial charge on any atom is -0.309 e. The van der Waals surface area contributed by atoms with Crippen molar-refractivity contribution < 1.29 is 4.79 Å². The van der Waals surface area contributed by atoms with Gasteiger partial charge in [0.1, 0.15) is 0 Å². The number of anilines is 1. The first kappa shape index (κ1) is 15.5. The predicted molar refractivity (Wildman–Crippen MR) is 90.9 cm³/mol. The topological polar surface area (TPSA) is 54.0 Å². The first-order valence-corrected chi connectivity index (χ1v) is 8.24. The number of rotatable bonds is 2. The Kier molecular flexibility index (Phi) is 4.47. The molecule has 4 rings (SSSR count). The minimum absolute atomic E-state index is 0. The molecule has 1 amide bonds. The maximum Gasteiger partial charge on any atom is 0.257 e. The number of amides is 1. The highest BCUT2D eigenvalue weighted by atomic mass is 35.5. The smallest absolute Gasteiger partial charge is 0.257 e. The summed E-state index contributed by atoms with van der Waals surface area (Å²) in [6.45, 7) is 1.75. The molecular formula is C16H18ClN3OS. The summed E-state index contributed by atoms with van der Waals surface area (Å²) in [5.74, 6) is -0.0594. The summed E-state index contributed by atoms with van der Waals surface area (Å²) < 4.78 is 0. The van der Waals surface area contributed by atoms with Gasteiger partial charge < -0.3 is 5.32 Å². The van der Waals surface area contributed by atoms with Gasteiger partial charge in [-0.1, -0.05) is 6.07 Å². The van der Waals surface area contributed by atoms with Crippen molar-refractivity contribution in [1.29, 1.82) is 0 Å². The number of hydrogen-bond donors (Lipinski definition) is 2. The number of carbonyl (C=O) groups is 1. The quantitative estimate of drug-likeness (QED) is 0.885. The molecule has 22 heavy (non-hydrogen) atoms. The van der Waals surface area contributed by atoms with Crippen molar-refractivity contribution in [3.05, 3.63) is 45.5 Å². The Morgan fingerprint density at radius 3 is 2.86 bits per heavy atom. The predicted octanol–water partition coefficient (Wildman–Crippen LogP) is 3.30. The van der Waals surface area contributed by atoms with E-state index in [1.807, 2.05) is 18.2 Å². The standard InChI is InChI=1S/C16H17N3OS.ClH/c20-15(10-5-6-11-8-17-9-12(11)7-10)19-16-18-13-3-1-2-4-14(13)21-16;/h5-7,17H,1-4,8-9H2,(H,18,19,20);1H. The summed E-state index contributed by atoms with van der Waals surface area (Å²) in [4.78, 5) is 18.3. The Morgan fingerprint density at radius 1 is 1.18 bits per heavy atom. The lowest BCUT2D eigenvalue weighted by molar-refractivity contribution is 0.102. The maximum absolute atomic E-state index is 12.4. The van der Waals surface area contributed by atoms with Crippen LogP contribution in [0.5, 0.6) is 0 Å². The summed E-state index contributed by atoms with van der Waals surface area (Å²) >= 11 is 1.63. The number of aryl methyl sites for hydroxylation is 2. The highest BCUT2D eigenvalue weighted by molar-refractivity contribution is 7.15. The zero-order valence-electron chi connectivity index (χ0n) is 12.1. The fourth-order valence-corrected chi connectivity index (χ4v) is 4.06. The van der Waals surface area contributed by atoms with Crippen LogP contribution in [0.2, 0.25) is 0 Å². The van der Waals surface area contributed by atoms with Gasteiger partial charge in [-0.15, -0.1) is 23.7 Å². The molecule has 1 aromatic heterocycles. The molecule has 1 aliphatic carbocycles. The molecule has 0 radical (unpaired) electrons. The number of carbonyl (C=O) groups excluding carboxylic acids is 1. The molecule has 6 heteroatoms. The number of nitrogens with one attached hydrogen (secondary N) is 2. The van der Waals surface area contributed by atoms with Gasteiger partial charge in [-0.2, -0.15) is 0 Å². The van der Waals surface area contributed by atoms with Gasteiger partial charge in [0.15, 0.2) is 5.13 Å². The van der Waals surface area contributed by atoms with Crippen LogP contribution in [0, 0.1) is 0 Å². The Hall–Kier alpha value is -1.43. The summed E-state index contributed by atoms with van der Waals surface area (Å²) in [5, 5.41) is 6.99. The van der Waals surface area contributed by atoms with Crippen LogP contribution < -0.4 is 10.6 Å². The van der Waals surface area contributed by atoms with Gasteiger partial charge in [0.25, 0.3) is 5.91 Å². The summed E-state index contributed by atoms with van der Waals surface area (Å²) in [5.41, 5.74) is 4.41. The lowest BCUT2D eigenvalue weighted by Gasteiger charge is -2.06. The molecule has 0 saturated heterocycles. The zero-order chi connectivity index (χ0) is 14.2. The van der Waals surface area contributed by atoms with Crippen molar-refractivity contribution in [2.24, 2.45) is 0 Å². The molecule has 2 aliphatic rings. The second kappa shape index (κ2) is 6.36. The number of fused-ring (bicyclic) bond motifs is 2. The van der Waals surface area contributed by atoms with E-state index in [1.54, 1.807) is 11.3 Å². The Balaban J connectivity index is 0.00000144.